The fourth-order valence-corrected chi connectivity index (χ4v) is 1.89. The van der Waals surface area contributed by atoms with Crippen LogP contribution >= 0.6 is 0 Å². The third-order valence-corrected chi connectivity index (χ3v) is 2.61. The Labute approximate surface area is 100 Å². The number of carbonyl (C=O) groups excluding carboxylic acids is 2. The molecule has 0 aliphatic carbocycles. The van der Waals surface area contributed by atoms with E-state index in [-0.39, 0.29) is 11.8 Å². The molecule has 0 unspecified atom stereocenters. The van der Waals surface area contributed by atoms with Crippen LogP contribution in [-0.2, 0) is 16.0 Å². The molecule has 0 bridgehead atoms. The van der Waals surface area contributed by atoms with Crippen LogP contribution in [0, 0.1) is 5.92 Å². The smallest absolute Gasteiger partial charge is 0.228 e. The molecule has 0 saturated carbocycles. The van der Waals surface area contributed by atoms with Gasteiger partial charge in [0.15, 0.2) is 0 Å². The molecule has 0 radical (unpaired) electrons. The Kier molecular flexibility index (Phi) is 3.13. The molecule has 4 nitrogen and oxygen atoms in total. The van der Waals surface area contributed by atoms with Crippen molar-refractivity contribution < 1.29 is 9.59 Å². The lowest BCUT2D eigenvalue weighted by molar-refractivity contribution is -0.117. The van der Waals surface area contributed by atoms with Crippen LogP contribution in [0.5, 0.6) is 0 Å². The Morgan fingerprint density at radius 1 is 1.47 bits per heavy atom. The zero-order valence-corrected chi connectivity index (χ0v) is 10.0. The summed E-state index contributed by atoms with van der Waals surface area (Å²) in [7, 11) is 0. The van der Waals surface area contributed by atoms with Gasteiger partial charge in [-0.3, -0.25) is 9.59 Å². The third-order valence-electron chi connectivity index (χ3n) is 2.61. The van der Waals surface area contributed by atoms with Crippen molar-refractivity contribution in [3.05, 3.63) is 23.8 Å². The van der Waals surface area contributed by atoms with Crippen LogP contribution in [0.2, 0.25) is 0 Å². The Balaban J connectivity index is 2.06. The van der Waals surface area contributed by atoms with Crippen LogP contribution in [0.1, 0.15) is 25.8 Å². The SMILES string of the molecule is CC(C)CC(=O)Nc1ccc2c(c1)CC(=O)N2. The molecular formula is C13H16N2O2. The molecule has 2 amide bonds. The topological polar surface area (TPSA) is 58.2 Å². The maximum absolute atomic E-state index is 11.6. The second-order valence-corrected chi connectivity index (χ2v) is 4.74. The van der Waals surface area contributed by atoms with Gasteiger partial charge in [0.25, 0.3) is 0 Å². The molecule has 4 heteroatoms. The summed E-state index contributed by atoms with van der Waals surface area (Å²) in [5.41, 5.74) is 2.54. The second kappa shape index (κ2) is 4.57. The van der Waals surface area contributed by atoms with Crippen molar-refractivity contribution in [1.82, 2.24) is 0 Å². The number of hydrogen-bond acceptors (Lipinski definition) is 2. The summed E-state index contributed by atoms with van der Waals surface area (Å²) in [6.45, 7) is 4.01. The highest BCUT2D eigenvalue weighted by atomic mass is 16.2. The highest BCUT2D eigenvalue weighted by Gasteiger charge is 2.17. The Morgan fingerprint density at radius 3 is 2.94 bits per heavy atom. The summed E-state index contributed by atoms with van der Waals surface area (Å²) in [4.78, 5) is 22.8. The molecule has 1 heterocycles. The zero-order valence-electron chi connectivity index (χ0n) is 10.0. The van der Waals surface area contributed by atoms with Gasteiger partial charge in [0.1, 0.15) is 0 Å². The minimum Gasteiger partial charge on any atom is -0.326 e. The molecule has 1 aliphatic rings. The van der Waals surface area contributed by atoms with E-state index >= 15 is 0 Å². The van der Waals surface area contributed by atoms with Crippen molar-refractivity contribution in [2.45, 2.75) is 26.7 Å². The van der Waals surface area contributed by atoms with Crippen LogP contribution in [0.25, 0.3) is 0 Å². The van der Waals surface area contributed by atoms with Crippen LogP contribution in [0.3, 0.4) is 0 Å². The number of rotatable bonds is 3. The van der Waals surface area contributed by atoms with Crippen molar-refractivity contribution in [1.29, 1.82) is 0 Å². The average Bonchev–Trinajstić information content (AvgIpc) is 2.55. The average molecular weight is 232 g/mol. The van der Waals surface area contributed by atoms with Crippen LogP contribution < -0.4 is 10.6 Å². The first kappa shape index (κ1) is 11.6. The first-order chi connectivity index (χ1) is 8.04. The van der Waals surface area contributed by atoms with E-state index in [1.54, 1.807) is 0 Å². The number of amides is 2. The van der Waals surface area contributed by atoms with Gasteiger partial charge >= 0.3 is 0 Å². The predicted octanol–water partition coefficient (Wildman–Crippen LogP) is 2.17. The second-order valence-electron chi connectivity index (χ2n) is 4.74. The van der Waals surface area contributed by atoms with E-state index in [1.165, 1.54) is 0 Å². The minimum absolute atomic E-state index is 0.00524. The molecule has 2 N–H and O–H groups in total. The number of fused-ring (bicyclic) bond motifs is 1. The molecule has 17 heavy (non-hydrogen) atoms. The van der Waals surface area contributed by atoms with Gasteiger partial charge in [-0.15, -0.1) is 0 Å². The van der Waals surface area contributed by atoms with Gasteiger partial charge in [-0.1, -0.05) is 13.8 Å². The first-order valence-corrected chi connectivity index (χ1v) is 5.77. The lowest BCUT2D eigenvalue weighted by Crippen LogP contribution is -2.13. The van der Waals surface area contributed by atoms with E-state index in [4.69, 9.17) is 0 Å². The quantitative estimate of drug-likeness (QED) is 0.839. The van der Waals surface area contributed by atoms with Gasteiger partial charge in [-0.2, -0.15) is 0 Å². The van der Waals surface area contributed by atoms with E-state index in [0.717, 1.165) is 16.9 Å². The molecular weight excluding hydrogens is 216 g/mol. The highest BCUT2D eigenvalue weighted by molar-refractivity contribution is 6.00. The number of carbonyl (C=O) groups is 2. The summed E-state index contributed by atoms with van der Waals surface area (Å²) in [5, 5.41) is 5.60. The molecule has 0 spiro atoms. The molecule has 0 aromatic heterocycles. The number of anilines is 2. The summed E-state index contributed by atoms with van der Waals surface area (Å²) < 4.78 is 0. The Hall–Kier alpha value is -1.84. The van der Waals surface area contributed by atoms with E-state index in [2.05, 4.69) is 10.6 Å². The molecule has 0 fully saturated rings. The fraction of sp³-hybridized carbons (Fsp3) is 0.385. The Bertz CT molecular complexity index is 466. The zero-order chi connectivity index (χ0) is 12.4. The molecule has 1 aliphatic heterocycles. The van der Waals surface area contributed by atoms with Gasteiger partial charge in [0.05, 0.1) is 6.42 Å². The molecule has 90 valence electrons. The molecule has 0 saturated heterocycles. The van der Waals surface area contributed by atoms with Crippen molar-refractivity contribution in [2.24, 2.45) is 5.92 Å². The molecule has 1 aromatic carbocycles. The maximum atomic E-state index is 11.6. The lowest BCUT2D eigenvalue weighted by Gasteiger charge is -2.08. The standard InChI is InChI=1S/C13H16N2O2/c1-8(2)5-12(16)14-10-3-4-11-9(6-10)7-13(17)15-11/h3-4,6,8H,5,7H2,1-2H3,(H,14,16)(H,15,17). The monoisotopic (exact) mass is 232 g/mol. The van der Waals surface area contributed by atoms with E-state index in [0.29, 0.717) is 18.8 Å². The van der Waals surface area contributed by atoms with E-state index in [9.17, 15) is 9.59 Å². The van der Waals surface area contributed by atoms with Gasteiger partial charge in [0.2, 0.25) is 11.8 Å². The molecule has 0 atom stereocenters. The summed E-state index contributed by atoms with van der Waals surface area (Å²) in [6.07, 6.45) is 0.900. The van der Waals surface area contributed by atoms with E-state index in [1.807, 2.05) is 32.0 Å². The molecule has 2 rings (SSSR count). The van der Waals surface area contributed by atoms with Crippen LogP contribution in [-0.4, -0.2) is 11.8 Å². The van der Waals surface area contributed by atoms with Gasteiger partial charge < -0.3 is 10.6 Å². The Morgan fingerprint density at radius 2 is 2.24 bits per heavy atom. The lowest BCUT2D eigenvalue weighted by atomic mass is 10.1. The van der Waals surface area contributed by atoms with Crippen molar-refractivity contribution >= 4 is 23.2 Å². The van der Waals surface area contributed by atoms with Gasteiger partial charge in [0, 0.05) is 17.8 Å². The van der Waals surface area contributed by atoms with Crippen LogP contribution in [0.15, 0.2) is 18.2 Å². The predicted molar refractivity (Wildman–Crippen MR) is 66.9 cm³/mol. The summed E-state index contributed by atoms with van der Waals surface area (Å²) >= 11 is 0. The minimum atomic E-state index is 0.00524. The van der Waals surface area contributed by atoms with Gasteiger partial charge in [-0.25, -0.2) is 0 Å². The van der Waals surface area contributed by atoms with E-state index < -0.39 is 0 Å². The maximum Gasteiger partial charge on any atom is 0.228 e. The number of hydrogen-bond donors (Lipinski definition) is 2. The van der Waals surface area contributed by atoms with Crippen molar-refractivity contribution in [3.63, 3.8) is 0 Å². The number of nitrogens with one attached hydrogen (secondary N) is 2. The number of benzene rings is 1. The van der Waals surface area contributed by atoms with Crippen molar-refractivity contribution in [3.8, 4) is 0 Å². The normalized spacial score (nSPS) is 13.5. The molecule has 1 aromatic rings. The highest BCUT2D eigenvalue weighted by Crippen LogP contribution is 2.26. The first-order valence-electron chi connectivity index (χ1n) is 5.77. The fourth-order valence-electron chi connectivity index (χ4n) is 1.89. The van der Waals surface area contributed by atoms with Crippen molar-refractivity contribution in [2.75, 3.05) is 10.6 Å². The summed E-state index contributed by atoms with van der Waals surface area (Å²) in [6, 6.07) is 5.49. The van der Waals surface area contributed by atoms with Crippen LogP contribution in [0.4, 0.5) is 11.4 Å². The van der Waals surface area contributed by atoms with Gasteiger partial charge in [-0.05, 0) is 29.7 Å². The summed E-state index contributed by atoms with van der Waals surface area (Å²) in [5.74, 6) is 0.357. The largest absolute Gasteiger partial charge is 0.326 e. The third kappa shape index (κ3) is 2.84.